The van der Waals surface area contributed by atoms with E-state index in [1.54, 1.807) is 4.57 Å². The van der Waals surface area contributed by atoms with Gasteiger partial charge in [-0.1, -0.05) is 6.92 Å². The second kappa shape index (κ2) is 4.42. The Labute approximate surface area is 121 Å². The van der Waals surface area contributed by atoms with Crippen LogP contribution in [0.3, 0.4) is 0 Å². The fraction of sp³-hybridized carbons (Fsp3) is 0.600. The largest absolute Gasteiger partial charge is 0.460 e. The van der Waals surface area contributed by atoms with Gasteiger partial charge in [-0.25, -0.2) is 0 Å². The molecule has 0 N–H and O–H groups in total. The number of nitrogens with zero attached hydrogens (tertiary/aromatic N) is 1. The smallest absolute Gasteiger partial charge is 0.313 e. The Kier molecular flexibility index (Phi) is 2.74. The fourth-order valence-electron chi connectivity index (χ4n) is 3.59. The van der Waals surface area contributed by atoms with E-state index < -0.39 is 5.79 Å². The molecular weight excluding hydrogens is 274 g/mol. The van der Waals surface area contributed by atoms with Crippen LogP contribution < -0.4 is 5.56 Å². The molecular formula is C15H17NO5. The van der Waals surface area contributed by atoms with Gasteiger partial charge in [0.1, 0.15) is 6.61 Å². The molecule has 1 atom stereocenters. The predicted octanol–water partition coefficient (Wildman–Crippen LogP) is 1.00. The number of carbonyl (C=O) groups excluding carboxylic acids is 1. The van der Waals surface area contributed by atoms with Crippen LogP contribution in [0.4, 0.5) is 0 Å². The number of fused-ring (bicyclic) bond motifs is 3. The molecule has 3 aliphatic heterocycles. The van der Waals surface area contributed by atoms with Crippen LogP contribution in [0.1, 0.15) is 42.5 Å². The molecule has 0 aliphatic carbocycles. The van der Waals surface area contributed by atoms with E-state index in [2.05, 4.69) is 0 Å². The topological polar surface area (TPSA) is 66.8 Å². The molecule has 0 aromatic carbocycles. The van der Waals surface area contributed by atoms with Gasteiger partial charge in [0.25, 0.3) is 5.56 Å². The van der Waals surface area contributed by atoms with E-state index in [1.807, 2.05) is 13.0 Å². The monoisotopic (exact) mass is 291 g/mol. The van der Waals surface area contributed by atoms with Crippen molar-refractivity contribution in [1.29, 1.82) is 0 Å². The first kappa shape index (κ1) is 13.0. The van der Waals surface area contributed by atoms with Crippen LogP contribution in [-0.2, 0) is 37.9 Å². The Balaban J connectivity index is 1.93. The molecule has 0 radical (unpaired) electrons. The number of ether oxygens (including phenoxy) is 3. The van der Waals surface area contributed by atoms with Crippen molar-refractivity contribution in [2.45, 2.75) is 44.6 Å². The molecule has 0 bridgehead atoms. The molecule has 3 aliphatic rings. The lowest BCUT2D eigenvalue weighted by Crippen LogP contribution is -2.34. The summed E-state index contributed by atoms with van der Waals surface area (Å²) >= 11 is 0. The molecule has 6 heteroatoms. The normalized spacial score (nSPS) is 25.8. The zero-order valence-electron chi connectivity index (χ0n) is 11.9. The van der Waals surface area contributed by atoms with Crippen molar-refractivity contribution in [3.63, 3.8) is 0 Å². The highest BCUT2D eigenvalue weighted by molar-refractivity contribution is 5.80. The molecule has 1 saturated heterocycles. The van der Waals surface area contributed by atoms with Crippen LogP contribution in [0.5, 0.6) is 0 Å². The van der Waals surface area contributed by atoms with Gasteiger partial charge >= 0.3 is 5.97 Å². The molecule has 0 amide bonds. The second-order valence-electron chi connectivity index (χ2n) is 5.69. The van der Waals surface area contributed by atoms with Crippen LogP contribution in [0.25, 0.3) is 0 Å². The van der Waals surface area contributed by atoms with Gasteiger partial charge in [-0.2, -0.15) is 0 Å². The van der Waals surface area contributed by atoms with Gasteiger partial charge in [-0.05, 0) is 18.1 Å². The van der Waals surface area contributed by atoms with E-state index in [9.17, 15) is 9.59 Å². The van der Waals surface area contributed by atoms with Gasteiger partial charge in [-0.3, -0.25) is 9.59 Å². The zero-order valence-corrected chi connectivity index (χ0v) is 11.9. The molecule has 112 valence electrons. The van der Waals surface area contributed by atoms with Crippen LogP contribution in [0.15, 0.2) is 10.9 Å². The first-order valence-corrected chi connectivity index (χ1v) is 7.38. The number of carbonyl (C=O) groups is 1. The average Bonchev–Trinajstić information content (AvgIpc) is 3.09. The molecule has 1 aromatic rings. The van der Waals surface area contributed by atoms with E-state index in [0.717, 1.165) is 11.3 Å². The van der Waals surface area contributed by atoms with Gasteiger partial charge in [0.15, 0.2) is 0 Å². The molecule has 1 spiro atoms. The van der Waals surface area contributed by atoms with Gasteiger partial charge in [0, 0.05) is 13.0 Å². The van der Waals surface area contributed by atoms with Gasteiger partial charge in [0.2, 0.25) is 5.79 Å². The van der Waals surface area contributed by atoms with Crippen molar-refractivity contribution in [2.75, 3.05) is 13.2 Å². The lowest BCUT2D eigenvalue weighted by atomic mass is 9.90. The molecule has 4 heterocycles. The quantitative estimate of drug-likeness (QED) is 0.722. The highest BCUT2D eigenvalue weighted by atomic mass is 16.7. The van der Waals surface area contributed by atoms with Gasteiger partial charge in [0.05, 0.1) is 30.4 Å². The number of hydrogen-bond acceptors (Lipinski definition) is 5. The molecule has 1 fully saturated rings. The Morgan fingerprint density at radius 2 is 2.10 bits per heavy atom. The number of pyridine rings is 1. The Bertz CT molecular complexity index is 671. The van der Waals surface area contributed by atoms with Gasteiger partial charge in [-0.15, -0.1) is 0 Å². The summed E-state index contributed by atoms with van der Waals surface area (Å²) in [5.74, 6) is -1.42. The maximum absolute atomic E-state index is 12.7. The summed E-state index contributed by atoms with van der Waals surface area (Å²) in [6, 6.07) is 1.92. The molecule has 0 saturated carbocycles. The van der Waals surface area contributed by atoms with Crippen LogP contribution in [0.2, 0.25) is 0 Å². The molecule has 4 rings (SSSR count). The second-order valence-corrected chi connectivity index (χ2v) is 5.69. The van der Waals surface area contributed by atoms with E-state index >= 15 is 0 Å². The third-order valence-electron chi connectivity index (χ3n) is 4.67. The Morgan fingerprint density at radius 1 is 1.33 bits per heavy atom. The third kappa shape index (κ3) is 1.66. The van der Waals surface area contributed by atoms with Crippen molar-refractivity contribution in [3.05, 3.63) is 33.2 Å². The Hall–Kier alpha value is -1.66. The summed E-state index contributed by atoms with van der Waals surface area (Å²) in [6.07, 6.45) is 1.25. The minimum absolute atomic E-state index is 0.0680. The summed E-state index contributed by atoms with van der Waals surface area (Å²) in [7, 11) is 0. The minimum Gasteiger partial charge on any atom is -0.460 e. The fourth-order valence-corrected chi connectivity index (χ4v) is 3.59. The lowest BCUT2D eigenvalue weighted by molar-refractivity contribution is -0.163. The highest BCUT2D eigenvalue weighted by Crippen LogP contribution is 2.41. The summed E-state index contributed by atoms with van der Waals surface area (Å²) in [5.41, 5.74) is 2.05. The lowest BCUT2D eigenvalue weighted by Gasteiger charge is -2.27. The van der Waals surface area contributed by atoms with Crippen molar-refractivity contribution in [1.82, 2.24) is 4.57 Å². The SMILES string of the molecule is CC[C@@H]1C(=O)OCc2c1cc1n(c2=O)CCC12OCCO2. The summed E-state index contributed by atoms with van der Waals surface area (Å²) in [6.45, 7) is 3.63. The first-order valence-electron chi connectivity index (χ1n) is 7.38. The van der Waals surface area contributed by atoms with Crippen molar-refractivity contribution in [2.24, 2.45) is 0 Å². The zero-order chi connectivity index (χ0) is 14.6. The third-order valence-corrected chi connectivity index (χ3v) is 4.67. The predicted molar refractivity (Wildman–Crippen MR) is 71.7 cm³/mol. The van der Waals surface area contributed by atoms with E-state index in [-0.39, 0.29) is 24.1 Å². The van der Waals surface area contributed by atoms with Crippen molar-refractivity contribution < 1.29 is 19.0 Å². The van der Waals surface area contributed by atoms with E-state index in [1.165, 1.54) is 0 Å². The van der Waals surface area contributed by atoms with E-state index in [0.29, 0.717) is 38.2 Å². The van der Waals surface area contributed by atoms with Crippen LogP contribution >= 0.6 is 0 Å². The molecule has 0 unspecified atom stereocenters. The molecule has 1 aromatic heterocycles. The number of cyclic esters (lactones) is 1. The number of esters is 1. The van der Waals surface area contributed by atoms with E-state index in [4.69, 9.17) is 14.2 Å². The first-order chi connectivity index (χ1) is 10.2. The maximum atomic E-state index is 12.7. The summed E-state index contributed by atoms with van der Waals surface area (Å²) < 4.78 is 18.4. The highest BCUT2D eigenvalue weighted by Gasteiger charge is 2.46. The molecule has 21 heavy (non-hydrogen) atoms. The van der Waals surface area contributed by atoms with Crippen molar-refractivity contribution in [3.8, 4) is 0 Å². The summed E-state index contributed by atoms with van der Waals surface area (Å²) in [4.78, 5) is 24.6. The maximum Gasteiger partial charge on any atom is 0.313 e. The minimum atomic E-state index is -0.798. The van der Waals surface area contributed by atoms with Gasteiger partial charge < -0.3 is 18.8 Å². The summed E-state index contributed by atoms with van der Waals surface area (Å²) in [5, 5.41) is 0. The Morgan fingerprint density at radius 3 is 2.81 bits per heavy atom. The molecule has 6 nitrogen and oxygen atoms in total. The number of rotatable bonds is 1. The number of aromatic nitrogens is 1. The number of hydrogen-bond donors (Lipinski definition) is 0. The standard InChI is InChI=1S/C15H17NO5/c1-2-9-10-7-12-15(20-5-6-21-15)3-4-16(12)13(17)11(10)8-19-14(9)18/h7,9H,2-6,8H2,1H3/t9-/m0/s1. The van der Waals surface area contributed by atoms with Crippen LogP contribution in [-0.4, -0.2) is 23.8 Å². The van der Waals surface area contributed by atoms with Crippen LogP contribution in [0, 0.1) is 0 Å². The average molecular weight is 291 g/mol. The van der Waals surface area contributed by atoms with Crippen molar-refractivity contribution >= 4 is 5.97 Å².